The van der Waals surface area contributed by atoms with Gasteiger partial charge in [-0.05, 0) is 24.1 Å². The molecule has 0 saturated carbocycles. The SMILES string of the molecule is Cc1cc2c(c(Cl)c1C(C)CO)OCO2. The second-order valence-corrected chi connectivity index (χ2v) is 4.12. The third-order valence-corrected chi connectivity index (χ3v) is 2.99. The molecule has 1 heterocycles. The van der Waals surface area contributed by atoms with Crippen LogP contribution < -0.4 is 9.47 Å². The van der Waals surface area contributed by atoms with Gasteiger partial charge in [0.1, 0.15) is 0 Å². The highest BCUT2D eigenvalue weighted by Gasteiger charge is 2.23. The van der Waals surface area contributed by atoms with E-state index < -0.39 is 0 Å². The molecule has 1 unspecified atom stereocenters. The lowest BCUT2D eigenvalue weighted by Gasteiger charge is -2.15. The number of fused-ring (bicyclic) bond motifs is 1. The summed E-state index contributed by atoms with van der Waals surface area (Å²) >= 11 is 6.22. The van der Waals surface area contributed by atoms with Crippen LogP contribution in [0.25, 0.3) is 0 Å². The van der Waals surface area contributed by atoms with Crippen LogP contribution in [0.1, 0.15) is 24.0 Å². The van der Waals surface area contributed by atoms with Crippen molar-refractivity contribution in [3.05, 3.63) is 22.2 Å². The molecule has 1 aromatic carbocycles. The highest BCUT2D eigenvalue weighted by molar-refractivity contribution is 6.33. The van der Waals surface area contributed by atoms with Crippen molar-refractivity contribution in [2.24, 2.45) is 0 Å². The van der Waals surface area contributed by atoms with Gasteiger partial charge in [-0.3, -0.25) is 0 Å². The number of aliphatic hydroxyl groups excluding tert-OH is 1. The number of benzene rings is 1. The fraction of sp³-hybridized carbons (Fsp3) is 0.455. The van der Waals surface area contributed by atoms with E-state index in [0.29, 0.717) is 16.5 Å². The maximum atomic E-state index is 9.15. The average molecular weight is 229 g/mol. The van der Waals surface area contributed by atoms with E-state index in [-0.39, 0.29) is 19.3 Å². The topological polar surface area (TPSA) is 38.7 Å². The normalized spacial score (nSPS) is 15.5. The molecule has 0 bridgehead atoms. The lowest BCUT2D eigenvalue weighted by molar-refractivity contribution is 0.174. The summed E-state index contributed by atoms with van der Waals surface area (Å²) in [5.41, 5.74) is 1.95. The van der Waals surface area contributed by atoms with Gasteiger partial charge >= 0.3 is 0 Å². The van der Waals surface area contributed by atoms with Gasteiger partial charge in [0, 0.05) is 12.5 Å². The Morgan fingerprint density at radius 2 is 2.27 bits per heavy atom. The predicted molar refractivity (Wildman–Crippen MR) is 57.8 cm³/mol. The molecule has 0 aliphatic carbocycles. The minimum Gasteiger partial charge on any atom is -0.454 e. The van der Waals surface area contributed by atoms with Gasteiger partial charge in [0.25, 0.3) is 0 Å². The summed E-state index contributed by atoms with van der Waals surface area (Å²) in [6.07, 6.45) is 0. The van der Waals surface area contributed by atoms with Crippen molar-refractivity contribution >= 4 is 11.6 Å². The van der Waals surface area contributed by atoms with Gasteiger partial charge in [-0.25, -0.2) is 0 Å². The Hall–Kier alpha value is -0.930. The smallest absolute Gasteiger partial charge is 0.231 e. The highest BCUT2D eigenvalue weighted by Crippen LogP contribution is 2.44. The zero-order valence-electron chi connectivity index (χ0n) is 8.71. The van der Waals surface area contributed by atoms with Crippen LogP contribution >= 0.6 is 11.6 Å². The van der Waals surface area contributed by atoms with Gasteiger partial charge in [0.05, 0.1) is 5.02 Å². The molecular weight excluding hydrogens is 216 g/mol. The molecule has 0 aromatic heterocycles. The lowest BCUT2D eigenvalue weighted by Crippen LogP contribution is -2.02. The summed E-state index contributed by atoms with van der Waals surface area (Å²) in [6, 6.07) is 1.90. The van der Waals surface area contributed by atoms with E-state index >= 15 is 0 Å². The number of aryl methyl sites for hydroxylation is 1. The van der Waals surface area contributed by atoms with Crippen LogP contribution in [0.4, 0.5) is 0 Å². The van der Waals surface area contributed by atoms with E-state index in [9.17, 15) is 0 Å². The van der Waals surface area contributed by atoms with Crippen molar-refractivity contribution in [1.29, 1.82) is 0 Å². The average Bonchev–Trinajstić information content (AvgIpc) is 2.65. The van der Waals surface area contributed by atoms with Gasteiger partial charge in [0.2, 0.25) is 6.79 Å². The zero-order chi connectivity index (χ0) is 11.0. The quantitative estimate of drug-likeness (QED) is 0.845. The van der Waals surface area contributed by atoms with Gasteiger partial charge in [-0.2, -0.15) is 0 Å². The second-order valence-electron chi connectivity index (χ2n) is 3.74. The van der Waals surface area contributed by atoms with E-state index in [2.05, 4.69) is 0 Å². The number of ether oxygens (including phenoxy) is 2. The van der Waals surface area contributed by atoms with Crippen LogP contribution in [-0.2, 0) is 0 Å². The van der Waals surface area contributed by atoms with Gasteiger partial charge < -0.3 is 14.6 Å². The van der Waals surface area contributed by atoms with Crippen LogP contribution in [0.3, 0.4) is 0 Å². The second kappa shape index (κ2) is 3.91. The molecular formula is C11H13ClO3. The molecule has 0 radical (unpaired) electrons. The molecule has 1 N–H and O–H groups in total. The van der Waals surface area contributed by atoms with Gasteiger partial charge in [-0.15, -0.1) is 0 Å². The molecule has 3 nitrogen and oxygen atoms in total. The molecule has 1 atom stereocenters. The molecule has 1 aliphatic rings. The third-order valence-electron chi connectivity index (χ3n) is 2.62. The zero-order valence-corrected chi connectivity index (χ0v) is 9.47. The lowest BCUT2D eigenvalue weighted by atomic mass is 9.96. The molecule has 0 amide bonds. The van der Waals surface area contributed by atoms with E-state index in [1.54, 1.807) is 0 Å². The Morgan fingerprint density at radius 3 is 2.93 bits per heavy atom. The first kappa shape index (κ1) is 10.6. The van der Waals surface area contributed by atoms with E-state index in [1.165, 1.54) is 0 Å². The van der Waals surface area contributed by atoms with Crippen molar-refractivity contribution in [2.45, 2.75) is 19.8 Å². The predicted octanol–water partition coefficient (Wildman–Crippen LogP) is 2.47. The first-order valence-corrected chi connectivity index (χ1v) is 5.22. The molecule has 15 heavy (non-hydrogen) atoms. The summed E-state index contributed by atoms with van der Waals surface area (Å²) in [5.74, 6) is 1.29. The Morgan fingerprint density at radius 1 is 1.53 bits per heavy atom. The molecule has 0 spiro atoms. The minimum atomic E-state index is 0.00648. The Labute approximate surface area is 93.6 Å². The Balaban J connectivity index is 2.56. The first-order chi connectivity index (χ1) is 7.15. The largest absolute Gasteiger partial charge is 0.454 e. The van der Waals surface area contributed by atoms with Gasteiger partial charge in [-0.1, -0.05) is 18.5 Å². The molecule has 1 aliphatic heterocycles. The monoisotopic (exact) mass is 228 g/mol. The molecule has 0 saturated heterocycles. The molecule has 4 heteroatoms. The van der Waals surface area contributed by atoms with E-state index in [1.807, 2.05) is 19.9 Å². The Kier molecular flexibility index (Phi) is 2.76. The van der Waals surface area contributed by atoms with Crippen molar-refractivity contribution < 1.29 is 14.6 Å². The molecule has 0 fully saturated rings. The van der Waals surface area contributed by atoms with Crippen LogP contribution in [0.5, 0.6) is 11.5 Å². The Bertz CT molecular complexity index is 390. The van der Waals surface area contributed by atoms with Crippen molar-refractivity contribution in [3.63, 3.8) is 0 Å². The van der Waals surface area contributed by atoms with Gasteiger partial charge in [0.15, 0.2) is 11.5 Å². The molecule has 2 rings (SSSR count). The highest BCUT2D eigenvalue weighted by atomic mass is 35.5. The number of hydrogen-bond acceptors (Lipinski definition) is 3. The van der Waals surface area contributed by atoms with Crippen LogP contribution in [-0.4, -0.2) is 18.5 Å². The van der Waals surface area contributed by atoms with Crippen LogP contribution in [0, 0.1) is 6.92 Å². The number of halogens is 1. The standard InChI is InChI=1S/C11H13ClO3/c1-6-3-8-11(15-5-14-8)10(12)9(6)7(2)4-13/h3,7,13H,4-5H2,1-2H3. The fourth-order valence-electron chi connectivity index (χ4n) is 1.83. The first-order valence-electron chi connectivity index (χ1n) is 4.84. The van der Waals surface area contributed by atoms with Crippen molar-refractivity contribution in [2.75, 3.05) is 13.4 Å². The summed E-state index contributed by atoms with van der Waals surface area (Å²) in [6.45, 7) is 4.16. The number of rotatable bonds is 2. The van der Waals surface area contributed by atoms with Crippen molar-refractivity contribution in [3.8, 4) is 11.5 Å². The van der Waals surface area contributed by atoms with Crippen LogP contribution in [0.15, 0.2) is 6.07 Å². The maximum Gasteiger partial charge on any atom is 0.231 e. The van der Waals surface area contributed by atoms with E-state index in [4.69, 9.17) is 26.2 Å². The minimum absolute atomic E-state index is 0.00648. The summed E-state index contributed by atoms with van der Waals surface area (Å²) < 4.78 is 10.5. The number of aliphatic hydroxyl groups is 1. The molecule has 82 valence electrons. The third kappa shape index (κ3) is 1.66. The summed E-state index contributed by atoms with van der Waals surface area (Å²) in [5, 5.41) is 9.71. The van der Waals surface area contributed by atoms with Crippen LogP contribution in [0.2, 0.25) is 5.02 Å². The number of hydrogen-bond donors (Lipinski definition) is 1. The maximum absolute atomic E-state index is 9.15. The van der Waals surface area contributed by atoms with E-state index in [0.717, 1.165) is 11.1 Å². The molecule has 1 aromatic rings. The van der Waals surface area contributed by atoms with Crippen molar-refractivity contribution in [1.82, 2.24) is 0 Å². The summed E-state index contributed by atoms with van der Waals surface area (Å²) in [7, 11) is 0. The summed E-state index contributed by atoms with van der Waals surface area (Å²) in [4.78, 5) is 0. The fourth-order valence-corrected chi connectivity index (χ4v) is 2.32.